The minimum Gasteiger partial charge on any atom is -0.462 e. The zero-order valence-corrected chi connectivity index (χ0v) is 38.4. The van der Waals surface area contributed by atoms with E-state index in [1.165, 1.54) is 57.8 Å². The number of allylic oxidation sites excluding steroid dienone is 9. The van der Waals surface area contributed by atoms with Crippen LogP contribution in [0.5, 0.6) is 0 Å². The molecule has 0 aromatic rings. The number of rotatable bonds is 37. The van der Waals surface area contributed by atoms with Gasteiger partial charge in [-0.3, -0.25) is 18.6 Å². The third-order valence-electron chi connectivity index (χ3n) is 10.4. The fraction of sp³-hybridized carbons (Fsp3) is 0.745. The van der Waals surface area contributed by atoms with Crippen LogP contribution in [0.2, 0.25) is 0 Å². The number of hydrogen-bond donors (Lipinski definition) is 7. The maximum absolute atomic E-state index is 12.8. The molecule has 1 saturated carbocycles. The minimum atomic E-state index is -5.17. The van der Waals surface area contributed by atoms with Gasteiger partial charge in [-0.15, -0.1) is 0 Å². The van der Waals surface area contributed by atoms with Crippen LogP contribution < -0.4 is 0 Å². The van der Waals surface area contributed by atoms with Crippen molar-refractivity contribution in [1.82, 2.24) is 0 Å². The molecule has 15 heteroatoms. The van der Waals surface area contributed by atoms with E-state index in [-0.39, 0.29) is 19.3 Å². The summed E-state index contributed by atoms with van der Waals surface area (Å²) in [4.78, 5) is 35.7. The van der Waals surface area contributed by atoms with E-state index in [4.69, 9.17) is 18.5 Å². The Morgan fingerprint density at radius 1 is 0.581 bits per heavy atom. The molecule has 9 atom stereocenters. The summed E-state index contributed by atoms with van der Waals surface area (Å²) in [6.45, 7) is 3.08. The molecule has 0 aromatic heterocycles. The topological polar surface area (TPSA) is 230 Å². The van der Waals surface area contributed by atoms with Crippen LogP contribution >= 0.6 is 7.82 Å². The number of esters is 2. The van der Waals surface area contributed by atoms with Crippen LogP contribution in [0.4, 0.5) is 0 Å². The Morgan fingerprint density at radius 3 is 1.66 bits per heavy atom. The van der Waals surface area contributed by atoms with Crippen molar-refractivity contribution in [2.24, 2.45) is 0 Å². The van der Waals surface area contributed by atoms with Gasteiger partial charge in [-0.1, -0.05) is 139 Å². The molecule has 0 bridgehead atoms. The van der Waals surface area contributed by atoms with Crippen LogP contribution in [-0.2, 0) is 32.7 Å². The Balaban J connectivity index is 2.56. The van der Waals surface area contributed by atoms with Crippen molar-refractivity contribution < 1.29 is 68.2 Å². The number of carbonyl (C=O) groups excluding carboxylic acids is 2. The molecule has 62 heavy (non-hydrogen) atoms. The molecule has 1 aliphatic carbocycles. The monoisotopic (exact) mass is 901 g/mol. The second-order valence-corrected chi connectivity index (χ2v) is 17.5. The molecule has 4 unspecified atom stereocenters. The van der Waals surface area contributed by atoms with Crippen LogP contribution in [-0.4, -0.2) is 110 Å². The largest absolute Gasteiger partial charge is 0.472 e. The van der Waals surface area contributed by atoms with Gasteiger partial charge in [0, 0.05) is 12.8 Å². The maximum Gasteiger partial charge on any atom is 0.472 e. The SMILES string of the molecule is CCCCC/C=C\C/C=C\CCCCCCCC(=O)O[C@H](COC(=O)CCCC(O)/C=C/C=C/C/C=C/CCCCCCCC)COP(=O)(O)OC1[C@H](O)[C@H](O)C(O)[C@H](O)[C@H]1O. The number of phosphoric ester groups is 1. The molecule has 1 aliphatic rings. The third kappa shape index (κ3) is 29.1. The van der Waals surface area contributed by atoms with E-state index in [1.807, 2.05) is 12.2 Å². The summed E-state index contributed by atoms with van der Waals surface area (Å²) in [6, 6.07) is 0. The smallest absolute Gasteiger partial charge is 0.462 e. The fourth-order valence-electron chi connectivity index (χ4n) is 6.62. The zero-order valence-electron chi connectivity index (χ0n) is 37.5. The number of phosphoric acid groups is 1. The number of hydrogen-bond acceptors (Lipinski definition) is 13. The highest BCUT2D eigenvalue weighted by Gasteiger charge is 2.51. The molecule has 1 rings (SSSR count). The predicted octanol–water partition coefficient (Wildman–Crippen LogP) is 7.92. The molecule has 0 radical (unpaired) electrons. The summed E-state index contributed by atoms with van der Waals surface area (Å²) < 4.78 is 33.4. The summed E-state index contributed by atoms with van der Waals surface area (Å²) in [5.41, 5.74) is 0. The highest BCUT2D eigenvalue weighted by Crippen LogP contribution is 2.47. The Labute approximate surface area is 371 Å². The summed E-state index contributed by atoms with van der Waals surface area (Å²) >= 11 is 0. The lowest BCUT2D eigenvalue weighted by Gasteiger charge is -2.41. The van der Waals surface area contributed by atoms with Gasteiger partial charge in [-0.05, 0) is 70.6 Å². The van der Waals surface area contributed by atoms with Gasteiger partial charge in [0.05, 0.1) is 12.7 Å². The van der Waals surface area contributed by atoms with Gasteiger partial charge < -0.3 is 45.0 Å². The van der Waals surface area contributed by atoms with Gasteiger partial charge in [0.1, 0.15) is 43.2 Å². The zero-order chi connectivity index (χ0) is 45.9. The lowest BCUT2D eigenvalue weighted by molar-refractivity contribution is -0.220. The van der Waals surface area contributed by atoms with E-state index >= 15 is 0 Å². The molecule has 0 aliphatic heterocycles. The molecule has 0 spiro atoms. The summed E-state index contributed by atoms with van der Waals surface area (Å²) in [7, 11) is -5.17. The van der Waals surface area contributed by atoms with Gasteiger partial charge in [0.15, 0.2) is 6.10 Å². The van der Waals surface area contributed by atoms with Crippen LogP contribution in [0.15, 0.2) is 60.8 Å². The molecule has 0 aromatic carbocycles. The normalized spacial score (nSPS) is 22.9. The van der Waals surface area contributed by atoms with E-state index < -0.39 is 81.8 Å². The first-order valence-electron chi connectivity index (χ1n) is 23.2. The standard InChI is InChI=1S/C47H81O14P/c1-3-5-7-9-11-13-15-17-18-20-22-24-26-28-30-34-41(50)60-39(37-59-62(56,57)61-47-45(54)43(52)42(51)44(53)46(47)55)36-58-40(49)35-31-33-38(48)32-29-27-25-23-21-19-16-14-12-10-8-6-4-2/h11,13,17-19,21,25,27,29,32,38-39,42-48,51-55H,3-10,12,14-16,20,22-24,26,28,30-31,33-37H2,1-2H3,(H,56,57)/b13-11-,18-17-,21-19+,27-25+,32-29+/t38?,39-,42?,43-,44+,45-,46-,47?/m1/s1. The number of unbranched alkanes of at least 4 members (excludes halogenated alkanes) is 14. The van der Waals surface area contributed by atoms with E-state index in [2.05, 4.69) is 50.3 Å². The van der Waals surface area contributed by atoms with Gasteiger partial charge in [0.2, 0.25) is 0 Å². The highest BCUT2D eigenvalue weighted by atomic mass is 31.2. The summed E-state index contributed by atoms with van der Waals surface area (Å²) in [6.07, 6.45) is 27.2. The maximum atomic E-state index is 12.8. The average Bonchev–Trinajstić information content (AvgIpc) is 3.25. The number of aliphatic hydroxyl groups excluding tert-OH is 6. The Hall–Kier alpha value is -2.49. The molecular weight excluding hydrogens is 819 g/mol. The lowest BCUT2D eigenvalue weighted by Crippen LogP contribution is -2.64. The molecule has 7 N–H and O–H groups in total. The average molecular weight is 901 g/mol. The molecule has 0 heterocycles. The number of aliphatic hydroxyl groups is 6. The lowest BCUT2D eigenvalue weighted by atomic mass is 9.85. The molecule has 1 fully saturated rings. The quantitative estimate of drug-likeness (QED) is 0.0103. The second-order valence-electron chi connectivity index (χ2n) is 16.1. The first-order valence-corrected chi connectivity index (χ1v) is 24.7. The van der Waals surface area contributed by atoms with Gasteiger partial charge in [-0.2, -0.15) is 0 Å². The van der Waals surface area contributed by atoms with Crippen LogP contribution in [0.1, 0.15) is 162 Å². The van der Waals surface area contributed by atoms with Gasteiger partial charge >= 0.3 is 19.8 Å². The van der Waals surface area contributed by atoms with Crippen molar-refractivity contribution in [2.75, 3.05) is 13.2 Å². The van der Waals surface area contributed by atoms with Crippen molar-refractivity contribution in [3.63, 3.8) is 0 Å². The second kappa shape index (κ2) is 36.8. The third-order valence-corrected chi connectivity index (χ3v) is 11.4. The van der Waals surface area contributed by atoms with Crippen LogP contribution in [0.25, 0.3) is 0 Å². The molecule has 14 nitrogen and oxygen atoms in total. The van der Waals surface area contributed by atoms with E-state index in [1.54, 1.807) is 12.2 Å². The molecule has 358 valence electrons. The first-order chi connectivity index (χ1) is 29.8. The fourth-order valence-corrected chi connectivity index (χ4v) is 7.59. The van der Waals surface area contributed by atoms with E-state index in [0.717, 1.165) is 57.8 Å². The first kappa shape index (κ1) is 57.5. The summed E-state index contributed by atoms with van der Waals surface area (Å²) in [5, 5.41) is 60.4. The Bertz CT molecular complexity index is 1330. The van der Waals surface area contributed by atoms with Crippen molar-refractivity contribution in [2.45, 2.75) is 210 Å². The minimum absolute atomic E-state index is 0.0390. The van der Waals surface area contributed by atoms with Crippen molar-refractivity contribution in [1.29, 1.82) is 0 Å². The predicted molar refractivity (Wildman–Crippen MR) is 241 cm³/mol. The molecule has 0 saturated heterocycles. The van der Waals surface area contributed by atoms with Crippen molar-refractivity contribution in [3.8, 4) is 0 Å². The van der Waals surface area contributed by atoms with Crippen LogP contribution in [0, 0.1) is 0 Å². The van der Waals surface area contributed by atoms with Crippen molar-refractivity contribution >= 4 is 19.8 Å². The molecule has 0 amide bonds. The van der Waals surface area contributed by atoms with E-state index in [0.29, 0.717) is 12.8 Å². The van der Waals surface area contributed by atoms with Gasteiger partial charge in [0.25, 0.3) is 0 Å². The Kier molecular flexibility index (Phi) is 34.2. The van der Waals surface area contributed by atoms with Crippen LogP contribution in [0.3, 0.4) is 0 Å². The molecular formula is C47H81O14P. The van der Waals surface area contributed by atoms with Crippen molar-refractivity contribution in [3.05, 3.63) is 60.8 Å². The Morgan fingerprint density at radius 2 is 1.06 bits per heavy atom. The number of carbonyl (C=O) groups is 2. The van der Waals surface area contributed by atoms with Gasteiger partial charge in [-0.25, -0.2) is 4.57 Å². The number of ether oxygens (including phenoxy) is 2. The van der Waals surface area contributed by atoms with E-state index in [9.17, 15) is 49.7 Å². The summed E-state index contributed by atoms with van der Waals surface area (Å²) in [5.74, 6) is -1.32. The highest BCUT2D eigenvalue weighted by molar-refractivity contribution is 7.47.